The van der Waals surface area contributed by atoms with Crippen LogP contribution in [0.15, 0.2) is 53.3 Å². The number of allylic oxidation sites excluding steroid dienone is 1. The maximum absolute atomic E-state index is 13.5. The van der Waals surface area contributed by atoms with Gasteiger partial charge in [-0.3, -0.25) is 19.3 Å². The van der Waals surface area contributed by atoms with Gasteiger partial charge in [-0.1, -0.05) is 30.3 Å². The molecular weight excluding hydrogens is 562 g/mol. The first kappa shape index (κ1) is 31.1. The number of benzene rings is 1. The Bertz CT molecular complexity index is 1330. The van der Waals surface area contributed by atoms with E-state index in [0.29, 0.717) is 29.9 Å². The Labute approximate surface area is 249 Å². The number of nitrogens with one attached hydrogen (secondary N) is 1. The number of alkyl carbamates (subject to hydrolysis) is 1. The number of esters is 2. The van der Waals surface area contributed by atoms with Gasteiger partial charge in [-0.15, -0.1) is 11.8 Å². The number of likely N-dealkylation sites (tertiary alicyclic amines) is 1. The quantitative estimate of drug-likeness (QED) is 0.217. The van der Waals surface area contributed by atoms with Crippen molar-refractivity contribution >= 4 is 41.6 Å². The Morgan fingerprint density at radius 3 is 2.33 bits per heavy atom. The number of rotatable bonds is 7. The molecule has 2 fully saturated rings. The second kappa shape index (κ2) is 12.2. The summed E-state index contributed by atoms with van der Waals surface area (Å²) in [7, 11) is 0. The molecule has 0 aromatic heterocycles. The Kier molecular flexibility index (Phi) is 9.05. The normalized spacial score (nSPS) is 21.6. The van der Waals surface area contributed by atoms with Crippen molar-refractivity contribution in [3.05, 3.63) is 58.8 Å². The molecule has 2 atom stereocenters. The number of β-lactam (4-membered cyclic amide) rings is 1. The highest BCUT2D eigenvalue weighted by Gasteiger charge is 2.54. The van der Waals surface area contributed by atoms with Gasteiger partial charge in [-0.05, 0) is 65.2 Å². The molecule has 11 nitrogen and oxygen atoms in total. The summed E-state index contributed by atoms with van der Waals surface area (Å²) in [5.74, 6) is -1.75. The average molecular weight is 600 g/mol. The first-order valence-electron chi connectivity index (χ1n) is 13.7. The standard InChI is InChI=1S/C30H37N3O8S/c1-29(2,3)40-21(34)15-32-13-12-19(24(32)35)14-20-17-42-26-22(31-28(38)41-30(4,5)6)25(36)33(26)23(20)27(37)39-16-18-10-8-7-9-11-18/h7-11,14,22,26H,12-13,15-17H2,1-6H3,(H,31,38)/b19-14+/t22-,26-/m1/s1. The summed E-state index contributed by atoms with van der Waals surface area (Å²) >= 11 is 1.36. The number of carbonyl (C=O) groups excluding carboxylic acids is 5. The zero-order valence-corrected chi connectivity index (χ0v) is 25.5. The molecular formula is C30H37N3O8S. The molecule has 0 spiro atoms. The van der Waals surface area contributed by atoms with Gasteiger partial charge in [0.1, 0.15) is 41.5 Å². The van der Waals surface area contributed by atoms with E-state index in [1.165, 1.54) is 21.6 Å². The fourth-order valence-electron chi connectivity index (χ4n) is 4.66. The molecule has 0 aliphatic carbocycles. The van der Waals surface area contributed by atoms with E-state index in [1.807, 2.05) is 30.3 Å². The van der Waals surface area contributed by atoms with E-state index < -0.39 is 46.6 Å². The molecule has 0 radical (unpaired) electrons. The van der Waals surface area contributed by atoms with E-state index in [4.69, 9.17) is 14.2 Å². The van der Waals surface area contributed by atoms with Crippen molar-refractivity contribution < 1.29 is 38.2 Å². The van der Waals surface area contributed by atoms with Gasteiger partial charge >= 0.3 is 18.0 Å². The van der Waals surface area contributed by atoms with Gasteiger partial charge in [0.2, 0.25) is 5.91 Å². The van der Waals surface area contributed by atoms with Crippen LogP contribution in [0.5, 0.6) is 0 Å². The first-order valence-corrected chi connectivity index (χ1v) is 14.8. The summed E-state index contributed by atoms with van der Waals surface area (Å²) < 4.78 is 16.2. The van der Waals surface area contributed by atoms with Gasteiger partial charge in [0.15, 0.2) is 0 Å². The average Bonchev–Trinajstić information content (AvgIpc) is 3.22. The van der Waals surface area contributed by atoms with Gasteiger partial charge in [-0.25, -0.2) is 9.59 Å². The van der Waals surface area contributed by atoms with Crippen LogP contribution in [0.3, 0.4) is 0 Å². The molecule has 12 heteroatoms. The summed E-state index contributed by atoms with van der Waals surface area (Å²) in [5.41, 5.74) is 0.267. The molecule has 0 saturated carbocycles. The van der Waals surface area contributed by atoms with Crippen LogP contribution in [0.25, 0.3) is 0 Å². The summed E-state index contributed by atoms with van der Waals surface area (Å²) in [6.07, 6.45) is 1.25. The van der Waals surface area contributed by atoms with Gasteiger partial charge in [0.05, 0.1) is 0 Å². The molecule has 0 unspecified atom stereocenters. The van der Waals surface area contributed by atoms with Crippen LogP contribution in [0, 0.1) is 0 Å². The van der Waals surface area contributed by atoms with Crippen molar-refractivity contribution in [3.63, 3.8) is 0 Å². The highest BCUT2D eigenvalue weighted by Crippen LogP contribution is 2.42. The van der Waals surface area contributed by atoms with Crippen molar-refractivity contribution in [2.24, 2.45) is 0 Å². The third-order valence-electron chi connectivity index (χ3n) is 6.38. The van der Waals surface area contributed by atoms with E-state index in [2.05, 4.69) is 5.32 Å². The van der Waals surface area contributed by atoms with Crippen LogP contribution >= 0.6 is 11.8 Å². The van der Waals surface area contributed by atoms with Gasteiger partial charge < -0.3 is 24.4 Å². The molecule has 0 bridgehead atoms. The zero-order valence-electron chi connectivity index (χ0n) is 24.7. The highest BCUT2D eigenvalue weighted by atomic mass is 32.2. The number of hydrogen-bond acceptors (Lipinski definition) is 9. The van der Waals surface area contributed by atoms with E-state index in [1.54, 1.807) is 47.6 Å². The van der Waals surface area contributed by atoms with Crippen LogP contribution in [0.4, 0.5) is 4.79 Å². The molecule has 3 amide bonds. The molecule has 4 rings (SSSR count). The Morgan fingerprint density at radius 2 is 1.69 bits per heavy atom. The zero-order chi connectivity index (χ0) is 30.8. The highest BCUT2D eigenvalue weighted by molar-refractivity contribution is 8.00. The van der Waals surface area contributed by atoms with Crippen LogP contribution in [-0.2, 0) is 40.0 Å². The summed E-state index contributed by atoms with van der Waals surface area (Å²) in [5, 5.41) is 2.06. The molecule has 2 saturated heterocycles. The summed E-state index contributed by atoms with van der Waals surface area (Å²) in [6, 6.07) is 8.25. The van der Waals surface area contributed by atoms with E-state index in [0.717, 1.165) is 5.56 Å². The number of carbonyl (C=O) groups is 5. The fraction of sp³-hybridized carbons (Fsp3) is 0.500. The van der Waals surface area contributed by atoms with E-state index >= 15 is 0 Å². The predicted molar refractivity (Wildman–Crippen MR) is 155 cm³/mol. The maximum Gasteiger partial charge on any atom is 0.408 e. The van der Waals surface area contributed by atoms with E-state index in [9.17, 15) is 24.0 Å². The summed E-state index contributed by atoms with van der Waals surface area (Å²) in [6.45, 7) is 10.6. The molecule has 3 aliphatic heterocycles. The summed E-state index contributed by atoms with van der Waals surface area (Å²) in [4.78, 5) is 67.3. The minimum Gasteiger partial charge on any atom is -0.459 e. The third kappa shape index (κ3) is 7.53. The second-order valence-corrected chi connectivity index (χ2v) is 13.3. The molecule has 1 aromatic rings. The van der Waals surface area contributed by atoms with Crippen molar-refractivity contribution in [2.75, 3.05) is 18.8 Å². The van der Waals surface area contributed by atoms with Crippen LogP contribution in [0.2, 0.25) is 0 Å². The molecule has 1 N–H and O–H groups in total. The smallest absolute Gasteiger partial charge is 0.408 e. The molecule has 42 heavy (non-hydrogen) atoms. The van der Waals surface area contributed by atoms with Crippen molar-refractivity contribution in [1.29, 1.82) is 0 Å². The predicted octanol–water partition coefficient (Wildman–Crippen LogP) is 3.29. The lowest BCUT2D eigenvalue weighted by molar-refractivity contribution is -0.157. The Balaban J connectivity index is 1.56. The monoisotopic (exact) mass is 599 g/mol. The van der Waals surface area contributed by atoms with Crippen LogP contribution in [0.1, 0.15) is 53.5 Å². The van der Waals surface area contributed by atoms with Crippen molar-refractivity contribution in [1.82, 2.24) is 15.1 Å². The molecule has 226 valence electrons. The largest absolute Gasteiger partial charge is 0.459 e. The van der Waals surface area contributed by atoms with Crippen molar-refractivity contribution in [2.45, 2.75) is 77.2 Å². The lowest BCUT2D eigenvalue weighted by Gasteiger charge is -2.49. The second-order valence-electron chi connectivity index (χ2n) is 12.2. The van der Waals surface area contributed by atoms with Crippen LogP contribution in [-0.4, -0.2) is 81.1 Å². The Hall–Kier alpha value is -3.80. The SMILES string of the molecule is CC(C)(C)OC(=O)CN1CC/C(=C\C2=C(C(=O)OCc3ccccc3)N3C(=O)[C@@H](NC(=O)OC(C)(C)C)[C@H]3SC2)C1=O. The fourth-order valence-corrected chi connectivity index (χ4v) is 5.97. The molecule has 3 heterocycles. The Morgan fingerprint density at radius 1 is 1.02 bits per heavy atom. The number of nitrogens with zero attached hydrogens (tertiary/aromatic N) is 2. The minimum absolute atomic E-state index is 0.00491. The number of thioether (sulfide) groups is 1. The minimum atomic E-state index is -0.881. The van der Waals surface area contributed by atoms with Crippen LogP contribution < -0.4 is 5.32 Å². The lowest BCUT2D eigenvalue weighted by atomic mass is 10.0. The first-order chi connectivity index (χ1) is 19.6. The third-order valence-corrected chi connectivity index (χ3v) is 7.68. The molecule has 1 aromatic carbocycles. The topological polar surface area (TPSA) is 132 Å². The number of fused-ring (bicyclic) bond motifs is 1. The van der Waals surface area contributed by atoms with Gasteiger partial charge in [-0.2, -0.15) is 0 Å². The molecule has 3 aliphatic rings. The number of hydrogen-bond donors (Lipinski definition) is 1. The number of amides is 3. The number of ether oxygens (including phenoxy) is 3. The van der Waals surface area contributed by atoms with Gasteiger partial charge in [0.25, 0.3) is 5.91 Å². The lowest BCUT2D eigenvalue weighted by Crippen LogP contribution is -2.70. The van der Waals surface area contributed by atoms with E-state index in [-0.39, 0.29) is 24.8 Å². The van der Waals surface area contributed by atoms with Crippen molar-refractivity contribution in [3.8, 4) is 0 Å². The van der Waals surface area contributed by atoms with Gasteiger partial charge in [0, 0.05) is 17.9 Å². The maximum atomic E-state index is 13.5.